The molecule has 0 radical (unpaired) electrons. The molecule has 0 saturated heterocycles. The first-order valence-electron chi connectivity index (χ1n) is 54.2. The number of hydrogen-bond acceptors (Lipinski definition) is 8. The Labute approximate surface area is 792 Å². The Kier molecular flexibility index (Phi) is 112. The number of halogens is 1. The quantitative estimate of drug-likeness (QED) is 0.0143. The maximum absolute atomic E-state index is 13.1. The number of rotatable bonds is 86. The summed E-state index contributed by atoms with van der Waals surface area (Å²) in [6, 6.07) is 8.82. The van der Waals surface area contributed by atoms with Gasteiger partial charge in [0.2, 0.25) is 11.8 Å². The van der Waals surface area contributed by atoms with E-state index in [1.165, 1.54) is 509 Å². The average molecular weight is 1860 g/mol. The van der Waals surface area contributed by atoms with Crippen LogP contribution in [-0.2, 0) is 14.2 Å². The smallest absolute Gasteiger partial charge is 0.249 e. The summed E-state index contributed by atoms with van der Waals surface area (Å²) in [5, 5.41) is 44.0. The van der Waals surface area contributed by atoms with E-state index in [-0.39, 0.29) is 17.0 Å². The fourth-order valence-corrected chi connectivity index (χ4v) is 16.4. The lowest BCUT2D eigenvalue weighted by atomic mass is 9.98. The second-order valence-corrected chi connectivity index (χ2v) is 42.0. The molecule has 0 spiro atoms. The Bertz CT molecular complexity index is 2230. The third kappa shape index (κ3) is 108. The van der Waals surface area contributed by atoms with Crippen LogP contribution in [0.25, 0.3) is 0 Å². The Morgan fingerprint density at radius 2 is 0.616 bits per heavy atom. The predicted molar refractivity (Wildman–Crippen MR) is 559 cm³/mol. The molecule has 15 heteroatoms. The van der Waals surface area contributed by atoms with Crippen molar-refractivity contribution in [3.63, 3.8) is 0 Å². The van der Waals surface area contributed by atoms with E-state index >= 15 is 0 Å². The summed E-state index contributed by atoms with van der Waals surface area (Å²) in [7, 11) is 4.71. The zero-order chi connectivity index (χ0) is 93.4. The zero-order valence-electron chi connectivity index (χ0n) is 86.7. The fourth-order valence-electron chi connectivity index (χ4n) is 16.4. The molecule has 0 bridgehead atoms. The van der Waals surface area contributed by atoms with Crippen LogP contribution in [0.5, 0.6) is 0 Å². The predicted octanol–water partition coefficient (Wildman–Crippen LogP) is 31.8. The van der Waals surface area contributed by atoms with Crippen molar-refractivity contribution in [1.82, 2.24) is 4.90 Å². The van der Waals surface area contributed by atoms with Gasteiger partial charge in [0, 0.05) is 32.8 Å². The fraction of sp³-hybridized carbons (Fsp3) is 0.909. The number of primary amides is 1. The number of nitrogens with zero attached hydrogens (tertiary/aromatic N) is 3. The summed E-state index contributed by atoms with van der Waals surface area (Å²) >= 11 is 0. The molecule has 1 rings (SSSR count). The van der Waals surface area contributed by atoms with Gasteiger partial charge >= 0.3 is 0 Å². The molecule has 0 fully saturated rings. The number of benzene rings is 1. The van der Waals surface area contributed by atoms with Crippen molar-refractivity contribution in [3.05, 3.63) is 48.0 Å². The number of quaternary nitrogens is 2. The van der Waals surface area contributed by atoms with Crippen molar-refractivity contribution >= 4 is 36.2 Å². The van der Waals surface area contributed by atoms with E-state index in [4.69, 9.17) is 30.4 Å². The summed E-state index contributed by atoms with van der Waals surface area (Å²) in [5.41, 5.74) is 7.41. The molecule has 13 nitrogen and oxygen atoms in total. The number of aliphatic hydroxyl groups is 5. The Morgan fingerprint density at radius 3 is 0.840 bits per heavy atom. The van der Waals surface area contributed by atoms with E-state index < -0.39 is 44.3 Å². The third-order valence-corrected chi connectivity index (χ3v) is 25.4. The van der Waals surface area contributed by atoms with Crippen LogP contribution in [0.15, 0.2) is 36.9 Å². The van der Waals surface area contributed by atoms with Gasteiger partial charge in [0.05, 0.1) is 60.5 Å². The summed E-state index contributed by atoms with van der Waals surface area (Å²) in [6.07, 6.45) is 95.2. The number of unbranched alkanes of at least 4 members (excludes halogenated alkanes) is 63. The van der Waals surface area contributed by atoms with Gasteiger partial charge in [-0.1, -0.05) is 478 Å². The molecule has 0 aliphatic heterocycles. The van der Waals surface area contributed by atoms with E-state index in [1.54, 1.807) is 0 Å². The highest BCUT2D eigenvalue weighted by Crippen LogP contribution is 2.28. The lowest BCUT2D eigenvalue weighted by Gasteiger charge is -2.34. The molecule has 0 aliphatic rings. The lowest BCUT2D eigenvalue weighted by Crippen LogP contribution is -2.50. The Hall–Kier alpha value is -1.71. The van der Waals surface area contributed by atoms with Crippen molar-refractivity contribution in [3.8, 4) is 0 Å². The minimum Gasteiger partial charge on any atom is -0.394 e. The van der Waals surface area contributed by atoms with E-state index in [0.717, 1.165) is 32.5 Å². The van der Waals surface area contributed by atoms with Crippen molar-refractivity contribution in [2.45, 2.75) is 562 Å². The van der Waals surface area contributed by atoms with Crippen LogP contribution in [-0.4, -0.2) is 167 Å². The molecule has 1 aromatic rings. The summed E-state index contributed by atoms with van der Waals surface area (Å²) in [4.78, 5) is 33.7. The Morgan fingerprint density at radius 1 is 0.392 bits per heavy atom. The van der Waals surface area contributed by atoms with Gasteiger partial charge in [0.25, 0.3) is 0 Å². The van der Waals surface area contributed by atoms with Gasteiger partial charge in [-0.05, 0) is 102 Å². The number of carbonyl (C=O) groups is 2. The number of carbonyl (C=O) groups excluding carboxylic acids is 2. The topological polar surface area (TPSA) is 202 Å². The molecule has 2 amide bonds. The van der Waals surface area contributed by atoms with Crippen LogP contribution in [0.1, 0.15) is 542 Å². The van der Waals surface area contributed by atoms with Crippen LogP contribution >= 0.6 is 24.4 Å². The van der Waals surface area contributed by atoms with E-state index in [0.29, 0.717) is 11.8 Å². The molecule has 5 unspecified atom stereocenters. The van der Waals surface area contributed by atoms with Crippen LogP contribution in [0, 0.1) is 6.92 Å². The first-order valence-corrected chi connectivity index (χ1v) is 56.8. The summed E-state index contributed by atoms with van der Waals surface area (Å²) in [6.45, 7) is 37.1. The largest absolute Gasteiger partial charge is 0.394 e. The second-order valence-electron chi connectivity index (χ2n) is 39.4. The normalized spacial score (nSPS) is 12.6. The lowest BCUT2D eigenvalue weighted by molar-refractivity contribution is -0.904. The van der Waals surface area contributed by atoms with Gasteiger partial charge in [0.1, 0.15) is 18.3 Å². The maximum atomic E-state index is 13.1. The number of amides is 2. The number of nitrogens with two attached hydrogens (primary N) is 1. The molecular formula is C110H226BrN4O9P+2. The minimum absolute atomic E-state index is 0. The van der Waals surface area contributed by atoms with Gasteiger partial charge in [0.15, 0.2) is 13.5 Å². The van der Waals surface area contributed by atoms with Crippen molar-refractivity contribution in [2.75, 3.05) is 86.9 Å². The average Bonchev–Trinajstić information content (AvgIpc) is 0.900. The molecule has 0 aromatic heterocycles. The molecule has 5 atom stereocenters. The van der Waals surface area contributed by atoms with Gasteiger partial charge in [-0.2, -0.15) is 0 Å². The van der Waals surface area contributed by atoms with Crippen LogP contribution in [0.3, 0.4) is 0 Å². The highest BCUT2D eigenvalue weighted by Gasteiger charge is 2.33. The van der Waals surface area contributed by atoms with Gasteiger partial charge in [-0.15, -0.1) is 17.0 Å². The SMILES string of the molecule is Br.C=CC[N+](C)(CCCCCCCCCCCC)CCCCCCCCCCCC.CCC(C)c1ccc(C)cc1.CCCCCCCCCCCCC(=O)N(CCCCCCCCCCCC)CCCCCCCCCCCC.CCCCCCCCCCCC[N+](C)(C)CCCCCCCCCCCC.CP(C)(=O)O.NC(=O)C(O)C(O)C(O)C(O)CO. The summed E-state index contributed by atoms with van der Waals surface area (Å²) < 4.78 is 12.2. The van der Waals surface area contributed by atoms with Gasteiger partial charge in [-0.25, -0.2) is 0 Å². The molecule has 750 valence electrons. The number of likely N-dealkylation sites (N-methyl/N-ethyl adjacent to an activating group) is 1. The first kappa shape index (κ1) is 134. The number of aliphatic hydroxyl groups excluding tert-OH is 5. The molecule has 0 heterocycles. The number of hydrogen-bond donors (Lipinski definition) is 7. The standard InChI is InChI=1S/C37H75NO.C28H58N.C26H56N.C11H16.C6H13NO6.C2H7O2P.BrH/c1-4-7-10-13-16-19-22-25-28-31-34-37(39)38(35-32-29-26-23-20-17-14-11-8-5-2)36-33-30-27-24-21-18-15-12-9-6-3;1-5-8-10-12-14-16-18-20-22-24-27-29(4,26-7-3)28-25-23-21-19-17-15-13-11-9-6-2;1-5-7-9-11-13-15-17-19-21-23-25-27(3,4)26-24-22-20-18-16-14-12-10-8-6-2;1-4-10(3)11-7-5-9(2)6-8-11;7-6(13)5(12)4(11)3(10)2(9)1-8;1-5(2,3)4;/h4-36H2,1-3H3;7H,3,5-6,8-28H2,1-2,4H3;5-26H2,1-4H3;5-8,10H,4H2,1-3H3;2-5,8-12H,1H2,(H2,7,13);1-2H3,(H,3,4);1H/q;2*+1;;;;. The maximum Gasteiger partial charge on any atom is 0.249 e. The minimum atomic E-state index is -2.64. The highest BCUT2D eigenvalue weighted by molar-refractivity contribution is 8.93. The van der Waals surface area contributed by atoms with Crippen LogP contribution in [0.2, 0.25) is 0 Å². The Balaban J connectivity index is -0.000000368. The molecule has 1 aromatic carbocycles. The van der Waals surface area contributed by atoms with Gasteiger partial charge < -0.3 is 50.0 Å². The molecule has 0 saturated carbocycles. The third-order valence-electron chi connectivity index (χ3n) is 25.4. The molecule has 125 heavy (non-hydrogen) atoms. The molecule has 8 N–H and O–H groups in total. The van der Waals surface area contributed by atoms with Gasteiger partial charge in [-0.3, -0.25) is 14.2 Å². The first-order chi connectivity index (χ1) is 59.7. The highest BCUT2D eigenvalue weighted by atomic mass is 79.9. The number of aryl methyl sites for hydroxylation is 1. The molecular weight excluding hydrogens is 1630 g/mol. The summed E-state index contributed by atoms with van der Waals surface area (Å²) in [5.74, 6) is -0.0753. The monoisotopic (exact) mass is 1860 g/mol. The second kappa shape index (κ2) is 104. The van der Waals surface area contributed by atoms with E-state index in [2.05, 4.69) is 138 Å². The van der Waals surface area contributed by atoms with E-state index in [9.17, 15) is 14.2 Å². The van der Waals surface area contributed by atoms with Crippen LogP contribution in [0.4, 0.5) is 0 Å². The van der Waals surface area contributed by atoms with Crippen molar-refractivity contribution < 1.29 is 53.5 Å². The van der Waals surface area contributed by atoms with Crippen molar-refractivity contribution in [2.24, 2.45) is 5.73 Å². The zero-order valence-corrected chi connectivity index (χ0v) is 89.3. The van der Waals surface area contributed by atoms with Crippen molar-refractivity contribution in [1.29, 1.82) is 0 Å². The van der Waals surface area contributed by atoms with E-state index in [1.807, 2.05) is 0 Å². The van der Waals surface area contributed by atoms with Crippen LogP contribution < -0.4 is 5.73 Å². The molecule has 0 aliphatic carbocycles.